The molecule has 1 aliphatic heterocycles. The lowest BCUT2D eigenvalue weighted by atomic mass is 10.3. The van der Waals surface area contributed by atoms with Crippen molar-refractivity contribution in [1.29, 1.82) is 0 Å². The molecule has 3 heteroatoms. The molecular weight excluding hydrogens is 158 g/mol. The predicted octanol–water partition coefficient (Wildman–Crippen LogP) is 0.808. The molecule has 0 radical (unpaired) electrons. The van der Waals surface area contributed by atoms with Crippen LogP contribution >= 0.6 is 11.8 Å². The van der Waals surface area contributed by atoms with Gasteiger partial charge in [0.05, 0.1) is 0 Å². The average molecular weight is 175 g/mol. The van der Waals surface area contributed by atoms with E-state index in [1.165, 1.54) is 31.0 Å². The highest BCUT2D eigenvalue weighted by atomic mass is 32.2. The molecule has 0 aromatic carbocycles. The topological polar surface area (TPSA) is 23.5 Å². The lowest BCUT2D eigenvalue weighted by molar-refractivity contribution is 0.233. The van der Waals surface area contributed by atoms with Crippen LogP contribution < -0.4 is 0 Å². The summed E-state index contributed by atoms with van der Waals surface area (Å²) < 4.78 is 0. The lowest BCUT2D eigenvalue weighted by Crippen LogP contribution is -2.27. The minimum absolute atomic E-state index is 0.337. The minimum atomic E-state index is 0.337. The second-order valence-corrected chi connectivity index (χ2v) is 4.11. The van der Waals surface area contributed by atoms with E-state index in [0.717, 1.165) is 13.0 Å². The average Bonchev–Trinajstić information content (AvgIpc) is 2.28. The zero-order valence-corrected chi connectivity index (χ0v) is 7.78. The van der Waals surface area contributed by atoms with E-state index in [0.29, 0.717) is 6.61 Å². The van der Waals surface area contributed by atoms with E-state index in [1.54, 1.807) is 0 Å². The fourth-order valence-electron chi connectivity index (χ4n) is 1.32. The predicted molar refractivity (Wildman–Crippen MR) is 50.1 cm³/mol. The van der Waals surface area contributed by atoms with Crippen molar-refractivity contribution in [3.8, 4) is 0 Å². The first-order valence-electron chi connectivity index (χ1n) is 4.34. The zero-order valence-electron chi connectivity index (χ0n) is 6.96. The molecule has 11 heavy (non-hydrogen) atoms. The van der Waals surface area contributed by atoms with Crippen LogP contribution in [0.1, 0.15) is 12.8 Å². The molecule has 0 aliphatic carbocycles. The van der Waals surface area contributed by atoms with Gasteiger partial charge in [-0.2, -0.15) is 11.8 Å². The molecule has 0 saturated carbocycles. The van der Waals surface area contributed by atoms with Crippen molar-refractivity contribution in [1.82, 2.24) is 4.90 Å². The summed E-state index contributed by atoms with van der Waals surface area (Å²) in [5.74, 6) is 2.58. The Kier molecular flexibility index (Phi) is 4.99. The van der Waals surface area contributed by atoms with Gasteiger partial charge < -0.3 is 10.0 Å². The van der Waals surface area contributed by atoms with Gasteiger partial charge in [-0.3, -0.25) is 0 Å². The summed E-state index contributed by atoms with van der Waals surface area (Å²) >= 11 is 2.05. The summed E-state index contributed by atoms with van der Waals surface area (Å²) in [7, 11) is 0. The van der Waals surface area contributed by atoms with Crippen LogP contribution in [-0.2, 0) is 0 Å². The van der Waals surface area contributed by atoms with Gasteiger partial charge in [-0.15, -0.1) is 0 Å². The summed E-state index contributed by atoms with van der Waals surface area (Å²) in [5.41, 5.74) is 0. The number of hydrogen-bond acceptors (Lipinski definition) is 3. The molecule has 1 rings (SSSR count). The molecule has 0 atom stereocenters. The minimum Gasteiger partial charge on any atom is -0.396 e. The second-order valence-electron chi connectivity index (χ2n) is 2.88. The quantitative estimate of drug-likeness (QED) is 0.686. The number of aliphatic hydroxyl groups is 1. The molecule has 0 aromatic rings. The first kappa shape index (κ1) is 9.36. The SMILES string of the molecule is OCCCN1CCCSCC1. The number of thioether (sulfide) groups is 1. The van der Waals surface area contributed by atoms with Gasteiger partial charge in [-0.25, -0.2) is 0 Å². The van der Waals surface area contributed by atoms with Crippen molar-refractivity contribution in [2.24, 2.45) is 0 Å². The molecule has 0 bridgehead atoms. The van der Waals surface area contributed by atoms with E-state index in [9.17, 15) is 0 Å². The maximum atomic E-state index is 8.64. The fraction of sp³-hybridized carbons (Fsp3) is 1.00. The Morgan fingerprint density at radius 2 is 2.18 bits per heavy atom. The molecule has 2 nitrogen and oxygen atoms in total. The van der Waals surface area contributed by atoms with Crippen LogP contribution in [-0.4, -0.2) is 47.8 Å². The van der Waals surface area contributed by atoms with Gasteiger partial charge in [-0.1, -0.05) is 0 Å². The van der Waals surface area contributed by atoms with Crippen molar-refractivity contribution >= 4 is 11.8 Å². The van der Waals surface area contributed by atoms with Crippen LogP contribution in [0.4, 0.5) is 0 Å². The van der Waals surface area contributed by atoms with E-state index in [4.69, 9.17) is 5.11 Å². The van der Waals surface area contributed by atoms with Gasteiger partial charge in [-0.05, 0) is 25.1 Å². The summed E-state index contributed by atoms with van der Waals surface area (Å²) in [6, 6.07) is 0. The highest BCUT2D eigenvalue weighted by Crippen LogP contribution is 2.09. The Labute approximate surface area is 73.0 Å². The van der Waals surface area contributed by atoms with Crippen molar-refractivity contribution in [2.45, 2.75) is 12.8 Å². The molecule has 0 spiro atoms. The maximum Gasteiger partial charge on any atom is 0.0443 e. The molecule has 66 valence electrons. The lowest BCUT2D eigenvalue weighted by Gasteiger charge is -2.18. The fourth-order valence-corrected chi connectivity index (χ4v) is 2.24. The number of hydrogen-bond donors (Lipinski definition) is 1. The highest BCUT2D eigenvalue weighted by molar-refractivity contribution is 7.99. The summed E-state index contributed by atoms with van der Waals surface area (Å²) in [6.45, 7) is 3.86. The molecule has 0 unspecified atom stereocenters. The van der Waals surface area contributed by atoms with Gasteiger partial charge in [0.25, 0.3) is 0 Å². The number of aliphatic hydroxyl groups excluding tert-OH is 1. The summed E-state index contributed by atoms with van der Waals surface area (Å²) in [6.07, 6.45) is 2.25. The monoisotopic (exact) mass is 175 g/mol. The first-order valence-corrected chi connectivity index (χ1v) is 5.50. The smallest absolute Gasteiger partial charge is 0.0443 e. The zero-order chi connectivity index (χ0) is 7.94. The van der Waals surface area contributed by atoms with Gasteiger partial charge in [0, 0.05) is 25.4 Å². The Morgan fingerprint density at radius 1 is 1.27 bits per heavy atom. The Morgan fingerprint density at radius 3 is 3.00 bits per heavy atom. The summed E-state index contributed by atoms with van der Waals surface area (Å²) in [5, 5.41) is 8.64. The Bertz CT molecular complexity index is 92.1. The Hall–Kier alpha value is 0.270. The van der Waals surface area contributed by atoms with Crippen molar-refractivity contribution in [3.63, 3.8) is 0 Å². The van der Waals surface area contributed by atoms with Crippen molar-refractivity contribution < 1.29 is 5.11 Å². The molecule has 1 fully saturated rings. The van der Waals surface area contributed by atoms with E-state index < -0.39 is 0 Å². The summed E-state index contributed by atoms with van der Waals surface area (Å²) in [4.78, 5) is 2.45. The molecule has 1 heterocycles. The van der Waals surface area contributed by atoms with Crippen LogP contribution in [0, 0.1) is 0 Å². The van der Waals surface area contributed by atoms with E-state index in [1.807, 2.05) is 11.8 Å². The van der Waals surface area contributed by atoms with Gasteiger partial charge in [0.1, 0.15) is 0 Å². The standard InChI is InChI=1S/C8H17NOS/c10-6-1-3-9-4-2-7-11-8-5-9/h10H,1-8H2. The maximum absolute atomic E-state index is 8.64. The van der Waals surface area contributed by atoms with Gasteiger partial charge in [0.2, 0.25) is 0 Å². The van der Waals surface area contributed by atoms with Crippen LogP contribution in [0.5, 0.6) is 0 Å². The third kappa shape index (κ3) is 3.99. The van der Waals surface area contributed by atoms with E-state index in [-0.39, 0.29) is 0 Å². The molecular formula is C8H17NOS. The molecule has 0 amide bonds. The molecule has 1 N–H and O–H groups in total. The van der Waals surface area contributed by atoms with E-state index in [2.05, 4.69) is 4.90 Å². The normalized spacial score (nSPS) is 21.5. The molecule has 0 aromatic heterocycles. The first-order chi connectivity index (χ1) is 5.43. The van der Waals surface area contributed by atoms with Crippen LogP contribution in [0.3, 0.4) is 0 Å². The third-order valence-corrected chi connectivity index (χ3v) is 3.00. The van der Waals surface area contributed by atoms with Gasteiger partial charge >= 0.3 is 0 Å². The third-order valence-electron chi connectivity index (χ3n) is 1.95. The number of rotatable bonds is 3. The largest absolute Gasteiger partial charge is 0.396 e. The van der Waals surface area contributed by atoms with Crippen molar-refractivity contribution in [3.05, 3.63) is 0 Å². The number of nitrogens with zero attached hydrogens (tertiary/aromatic N) is 1. The van der Waals surface area contributed by atoms with Crippen LogP contribution in [0.25, 0.3) is 0 Å². The Balaban J connectivity index is 2.09. The molecule has 1 saturated heterocycles. The van der Waals surface area contributed by atoms with Crippen LogP contribution in [0.15, 0.2) is 0 Å². The van der Waals surface area contributed by atoms with E-state index >= 15 is 0 Å². The van der Waals surface area contributed by atoms with Crippen molar-refractivity contribution in [2.75, 3.05) is 37.7 Å². The highest BCUT2D eigenvalue weighted by Gasteiger charge is 2.07. The van der Waals surface area contributed by atoms with Gasteiger partial charge in [0.15, 0.2) is 0 Å². The second kappa shape index (κ2) is 5.86. The molecule has 1 aliphatic rings. The van der Waals surface area contributed by atoms with Crippen LogP contribution in [0.2, 0.25) is 0 Å².